The van der Waals surface area contributed by atoms with E-state index in [1.807, 2.05) is 67.6 Å². The Morgan fingerprint density at radius 3 is 1.98 bits per heavy atom. The van der Waals surface area contributed by atoms with Crippen molar-refractivity contribution in [1.82, 2.24) is 10.6 Å². The monoisotopic (exact) mass is 881 g/mol. The lowest BCUT2D eigenvalue weighted by atomic mass is 9.79. The number of aldehydes is 1. The summed E-state index contributed by atoms with van der Waals surface area (Å²) in [7, 11) is 0. The average molecular weight is 882 g/mol. The summed E-state index contributed by atoms with van der Waals surface area (Å²) in [5, 5.41) is 37.3. The highest BCUT2D eigenvalue weighted by atomic mass is 16.4. The van der Waals surface area contributed by atoms with Crippen LogP contribution in [0.25, 0.3) is 21.5 Å². The first kappa shape index (κ1) is 47.3. The maximum atomic E-state index is 13.1. The zero-order chi connectivity index (χ0) is 47.1. The SMILES string of the molecule is CC(/C=C/C=C1/N(CCC(=O)NC(C=O)CCC(=O)O)c2ccc3ccccc3c2C1(C)C)=C\C=C\C1=[N+](CCC(=O)NC(CCC(=O)O)C(=O)O)c2ccc3ccccc3c2C1(C)C. The topological polar surface area (TPSA) is 193 Å². The van der Waals surface area contributed by atoms with Crippen molar-refractivity contribution < 1.29 is 48.7 Å². The van der Waals surface area contributed by atoms with E-state index >= 15 is 0 Å². The molecule has 2 unspecified atom stereocenters. The number of rotatable bonds is 20. The molecule has 5 N–H and O–H groups in total. The number of amides is 2. The number of carbonyl (C=O) groups is 6. The fourth-order valence-corrected chi connectivity index (χ4v) is 9.14. The summed E-state index contributed by atoms with van der Waals surface area (Å²) < 4.78 is 2.10. The van der Waals surface area contributed by atoms with Gasteiger partial charge in [-0.25, -0.2) is 4.79 Å². The Hall–Kier alpha value is -7.15. The molecule has 0 bridgehead atoms. The summed E-state index contributed by atoms with van der Waals surface area (Å²) in [5.41, 5.74) is 6.16. The molecule has 338 valence electrons. The Bertz CT molecular complexity index is 2700. The quantitative estimate of drug-likeness (QED) is 0.0331. The van der Waals surface area contributed by atoms with Crippen LogP contribution in [-0.2, 0) is 39.6 Å². The summed E-state index contributed by atoms with van der Waals surface area (Å²) in [6.07, 6.45) is 11.9. The average Bonchev–Trinajstić information content (AvgIpc) is 3.62. The standard InChI is InChI=1S/C52H56N4O9/c1-33(12-10-18-42-51(2,3)48-37-16-8-6-14-34(37)20-24-40(48)55(42)30-28-44(58)53-36(32-57)22-26-46(60)61)13-11-19-43-52(4,5)49-38-17-9-7-15-35(38)21-25-41(49)56(43)31-29-45(59)54-39(50(64)65)23-27-47(62)63/h6-21,24-25,32,36,39H,22-23,26-31H2,1-5H3,(H4-,53,54,58,59,60,61,62,63,64,65)/p+1. The third-order valence-electron chi connectivity index (χ3n) is 12.3. The molecule has 0 spiro atoms. The second-order valence-electron chi connectivity index (χ2n) is 17.6. The highest BCUT2D eigenvalue weighted by Gasteiger charge is 2.46. The normalized spacial score (nSPS) is 16.8. The van der Waals surface area contributed by atoms with Crippen LogP contribution >= 0.6 is 0 Å². The Balaban J connectivity index is 1.26. The zero-order valence-corrected chi connectivity index (χ0v) is 37.5. The van der Waals surface area contributed by atoms with Crippen LogP contribution in [0, 0.1) is 0 Å². The predicted molar refractivity (Wildman–Crippen MR) is 252 cm³/mol. The third kappa shape index (κ3) is 10.6. The molecule has 0 radical (unpaired) electrons. The summed E-state index contributed by atoms with van der Waals surface area (Å²) in [6, 6.07) is 22.4. The van der Waals surface area contributed by atoms with E-state index in [-0.39, 0.29) is 51.0 Å². The number of carbonyl (C=O) groups excluding carboxylic acids is 3. The van der Waals surface area contributed by atoms with Gasteiger partial charge in [-0.3, -0.25) is 19.2 Å². The maximum absolute atomic E-state index is 13.1. The van der Waals surface area contributed by atoms with E-state index in [0.29, 0.717) is 12.8 Å². The van der Waals surface area contributed by atoms with Gasteiger partial charge < -0.3 is 35.6 Å². The highest BCUT2D eigenvalue weighted by Crippen LogP contribution is 2.51. The number of hydrogen-bond acceptors (Lipinski definition) is 7. The first-order valence-corrected chi connectivity index (χ1v) is 21.8. The van der Waals surface area contributed by atoms with E-state index in [4.69, 9.17) is 10.2 Å². The number of carboxylic acids is 3. The highest BCUT2D eigenvalue weighted by molar-refractivity contribution is 6.08. The fraction of sp³-hybridized carbons (Fsp3) is 0.327. The zero-order valence-electron chi connectivity index (χ0n) is 37.5. The molecule has 0 aliphatic carbocycles. The Kier molecular flexibility index (Phi) is 14.7. The number of allylic oxidation sites excluding steroid dienone is 8. The van der Waals surface area contributed by atoms with Crippen molar-refractivity contribution in [1.29, 1.82) is 0 Å². The Labute approximate surface area is 378 Å². The molecule has 13 heteroatoms. The van der Waals surface area contributed by atoms with Gasteiger partial charge in [0.1, 0.15) is 12.3 Å². The van der Waals surface area contributed by atoms with Crippen molar-refractivity contribution in [2.75, 3.05) is 18.0 Å². The molecule has 0 saturated carbocycles. The van der Waals surface area contributed by atoms with E-state index in [9.17, 15) is 33.9 Å². The van der Waals surface area contributed by atoms with Gasteiger partial charge in [-0.2, -0.15) is 4.58 Å². The summed E-state index contributed by atoms with van der Waals surface area (Å²) in [5.74, 6) is -4.30. The second-order valence-corrected chi connectivity index (χ2v) is 17.6. The number of nitrogens with zero attached hydrogens (tertiary/aromatic N) is 2. The first-order chi connectivity index (χ1) is 30.9. The van der Waals surface area contributed by atoms with Crippen molar-refractivity contribution in [2.45, 2.75) is 96.1 Å². The lowest BCUT2D eigenvalue weighted by Gasteiger charge is -2.27. The molecule has 2 heterocycles. The lowest BCUT2D eigenvalue weighted by molar-refractivity contribution is -0.436. The van der Waals surface area contributed by atoms with Crippen LogP contribution in [0.4, 0.5) is 11.4 Å². The number of benzene rings is 4. The molecule has 2 atom stereocenters. The van der Waals surface area contributed by atoms with Crippen LogP contribution in [0.3, 0.4) is 0 Å². The fourth-order valence-electron chi connectivity index (χ4n) is 9.14. The van der Waals surface area contributed by atoms with E-state index in [2.05, 4.69) is 96.3 Å². The molecular weight excluding hydrogens is 825 g/mol. The molecule has 13 nitrogen and oxygen atoms in total. The van der Waals surface area contributed by atoms with Crippen molar-refractivity contribution in [3.63, 3.8) is 0 Å². The third-order valence-corrected chi connectivity index (χ3v) is 12.3. The van der Waals surface area contributed by atoms with E-state index < -0.39 is 46.7 Å². The first-order valence-electron chi connectivity index (χ1n) is 21.8. The minimum Gasteiger partial charge on any atom is -0.481 e. The van der Waals surface area contributed by atoms with Gasteiger partial charge in [0.15, 0.2) is 12.3 Å². The van der Waals surface area contributed by atoms with Crippen molar-refractivity contribution in [3.8, 4) is 0 Å². The van der Waals surface area contributed by atoms with Crippen molar-refractivity contribution in [3.05, 3.63) is 132 Å². The molecule has 4 aromatic rings. The summed E-state index contributed by atoms with van der Waals surface area (Å²) in [6.45, 7) is 11.2. The Morgan fingerprint density at radius 2 is 1.34 bits per heavy atom. The molecule has 0 fully saturated rings. The number of anilines is 1. The van der Waals surface area contributed by atoms with Gasteiger partial charge in [0.25, 0.3) is 0 Å². The number of carboxylic acid groups (broad SMARTS) is 3. The van der Waals surface area contributed by atoms with Crippen molar-refractivity contribution in [2.24, 2.45) is 0 Å². The minimum absolute atomic E-state index is 0.0163. The van der Waals surface area contributed by atoms with Gasteiger partial charge in [-0.1, -0.05) is 98.3 Å². The van der Waals surface area contributed by atoms with Gasteiger partial charge in [0.2, 0.25) is 17.5 Å². The minimum atomic E-state index is -1.31. The molecule has 6 rings (SSSR count). The number of fused-ring (bicyclic) bond motifs is 6. The van der Waals surface area contributed by atoms with E-state index in [1.54, 1.807) is 0 Å². The molecule has 4 aromatic carbocycles. The number of nitrogens with one attached hydrogen (secondary N) is 2. The lowest BCUT2D eigenvalue weighted by Crippen LogP contribution is -2.41. The summed E-state index contributed by atoms with van der Waals surface area (Å²) >= 11 is 0. The van der Waals surface area contributed by atoms with Crippen LogP contribution in [0.5, 0.6) is 0 Å². The predicted octanol–water partition coefficient (Wildman–Crippen LogP) is 7.87. The molecule has 0 aromatic heterocycles. The van der Waals surface area contributed by atoms with Crippen molar-refractivity contribution >= 4 is 74.6 Å². The molecule has 2 aliphatic heterocycles. The smallest absolute Gasteiger partial charge is 0.326 e. The van der Waals surface area contributed by atoms with Crippen LogP contribution in [0.1, 0.15) is 84.3 Å². The van der Waals surface area contributed by atoms with Gasteiger partial charge in [-0.15, -0.1) is 0 Å². The maximum Gasteiger partial charge on any atom is 0.326 e. The second kappa shape index (κ2) is 20.1. The molecule has 2 amide bonds. The Morgan fingerprint density at radius 1 is 0.723 bits per heavy atom. The van der Waals surface area contributed by atoms with Crippen LogP contribution in [0.15, 0.2) is 121 Å². The largest absolute Gasteiger partial charge is 0.481 e. The van der Waals surface area contributed by atoms with E-state index in [0.717, 1.165) is 61.0 Å². The van der Waals surface area contributed by atoms with Gasteiger partial charge in [0, 0.05) is 60.3 Å². The number of hydrogen-bond donors (Lipinski definition) is 5. The molecule has 65 heavy (non-hydrogen) atoms. The van der Waals surface area contributed by atoms with Gasteiger partial charge in [0.05, 0.1) is 17.9 Å². The number of aliphatic carboxylic acids is 3. The van der Waals surface area contributed by atoms with Gasteiger partial charge >= 0.3 is 17.9 Å². The van der Waals surface area contributed by atoms with Crippen LogP contribution in [-0.4, -0.2) is 86.8 Å². The van der Waals surface area contributed by atoms with Crippen LogP contribution in [0.2, 0.25) is 0 Å². The summed E-state index contributed by atoms with van der Waals surface area (Å²) in [4.78, 5) is 74.0. The van der Waals surface area contributed by atoms with Gasteiger partial charge in [-0.05, 0) is 78.9 Å². The van der Waals surface area contributed by atoms with Crippen LogP contribution < -0.4 is 15.5 Å². The molecule has 0 saturated heterocycles. The van der Waals surface area contributed by atoms with E-state index in [1.165, 1.54) is 0 Å². The molecular formula is C52H57N4O9+. The molecule has 2 aliphatic rings.